The minimum absolute atomic E-state index is 0.0385. The molecule has 0 heterocycles. The van der Waals surface area contributed by atoms with Crippen molar-refractivity contribution in [3.8, 4) is 0 Å². The highest BCUT2D eigenvalue weighted by Gasteiger charge is 2.13. The van der Waals surface area contributed by atoms with Crippen molar-refractivity contribution in [3.05, 3.63) is 11.8 Å². The number of aliphatic hydroxyl groups is 3. The fourth-order valence-corrected chi connectivity index (χ4v) is 0.702. The summed E-state index contributed by atoms with van der Waals surface area (Å²) in [4.78, 5) is 4.30. The molecule has 0 aromatic rings. The fourth-order valence-electron chi connectivity index (χ4n) is 0.702. The molecule has 5 N–H and O–H groups in total. The summed E-state index contributed by atoms with van der Waals surface area (Å²) in [6.45, 7) is -0.203. The van der Waals surface area contributed by atoms with E-state index in [9.17, 15) is 5.11 Å². The summed E-state index contributed by atoms with van der Waals surface area (Å²) >= 11 is 0. The van der Waals surface area contributed by atoms with Gasteiger partial charge in [0.25, 0.3) is 0 Å². The van der Waals surface area contributed by atoms with Gasteiger partial charge in [-0.3, -0.25) is 0 Å². The molecule has 6 nitrogen and oxygen atoms in total. The lowest BCUT2D eigenvalue weighted by molar-refractivity contribution is -0.0412. The van der Waals surface area contributed by atoms with Crippen LogP contribution in [0.15, 0.2) is 11.8 Å². The Morgan fingerprint density at radius 1 is 1.54 bits per heavy atom. The van der Waals surface area contributed by atoms with Gasteiger partial charge in [-0.1, -0.05) is 0 Å². The molecule has 0 aromatic heterocycles. The number of hydrogen-bond acceptors (Lipinski definition) is 6. The maximum absolute atomic E-state index is 9.25. The summed E-state index contributed by atoms with van der Waals surface area (Å²) < 4.78 is 4.48. The molecule has 0 saturated carbocycles. The van der Waals surface area contributed by atoms with Gasteiger partial charge in [-0.2, -0.15) is 5.90 Å². The van der Waals surface area contributed by atoms with Gasteiger partial charge in [-0.25, -0.2) is 0 Å². The Kier molecular flexibility index (Phi) is 6.47. The third kappa shape index (κ3) is 4.81. The molecule has 0 unspecified atom stereocenters. The van der Waals surface area contributed by atoms with Crippen LogP contribution in [-0.4, -0.2) is 41.4 Å². The number of aliphatic hydroxyl groups excluding tert-OH is 3. The Morgan fingerprint density at radius 2 is 2.15 bits per heavy atom. The molecule has 0 aliphatic heterocycles. The number of nitrogens with two attached hydrogens (primary N) is 1. The quantitative estimate of drug-likeness (QED) is 0.232. The van der Waals surface area contributed by atoms with Crippen molar-refractivity contribution < 1.29 is 24.9 Å². The minimum Gasteiger partial charge on any atom is -0.413 e. The van der Waals surface area contributed by atoms with Crippen molar-refractivity contribution in [1.82, 2.24) is 0 Å². The van der Waals surface area contributed by atoms with E-state index in [1.54, 1.807) is 0 Å². The molecule has 0 amide bonds. The van der Waals surface area contributed by atoms with Gasteiger partial charge in [0, 0.05) is 26.2 Å². The highest BCUT2D eigenvalue weighted by Crippen LogP contribution is 2.07. The fraction of sp³-hybridized carbons (Fsp3) is 0.714. The van der Waals surface area contributed by atoms with Crippen LogP contribution < -0.4 is 5.90 Å². The Labute approximate surface area is 76.1 Å². The van der Waals surface area contributed by atoms with Crippen molar-refractivity contribution in [2.75, 3.05) is 13.7 Å². The van der Waals surface area contributed by atoms with E-state index >= 15 is 0 Å². The van der Waals surface area contributed by atoms with Crippen LogP contribution in [-0.2, 0) is 9.57 Å². The molecule has 0 aliphatic carbocycles. The number of rotatable bonds is 6. The lowest BCUT2D eigenvalue weighted by Crippen LogP contribution is -2.20. The van der Waals surface area contributed by atoms with E-state index in [-0.39, 0.29) is 18.8 Å². The second kappa shape index (κ2) is 6.81. The van der Waals surface area contributed by atoms with Crippen LogP contribution in [0.5, 0.6) is 0 Å². The summed E-state index contributed by atoms with van der Waals surface area (Å²) in [7, 11) is 1.29. The van der Waals surface area contributed by atoms with Crippen LogP contribution in [0.2, 0.25) is 0 Å². The molecule has 0 bridgehead atoms. The number of ether oxygens (including phenoxy) is 1. The van der Waals surface area contributed by atoms with E-state index < -0.39 is 12.4 Å². The molecule has 2 atom stereocenters. The summed E-state index contributed by atoms with van der Waals surface area (Å²) in [5.41, 5.74) is 0. The van der Waals surface area contributed by atoms with Crippen molar-refractivity contribution in [3.63, 3.8) is 0 Å². The van der Waals surface area contributed by atoms with Gasteiger partial charge in [0.05, 0.1) is 0 Å². The lowest BCUT2D eigenvalue weighted by Gasteiger charge is -2.13. The largest absolute Gasteiger partial charge is 0.413 e. The first kappa shape index (κ1) is 12.3. The monoisotopic (exact) mass is 193 g/mol. The van der Waals surface area contributed by atoms with Crippen LogP contribution >= 0.6 is 0 Å². The molecule has 0 aromatic carbocycles. The highest BCUT2D eigenvalue weighted by molar-refractivity contribution is 5.00. The average molecular weight is 193 g/mol. The van der Waals surface area contributed by atoms with E-state index in [0.29, 0.717) is 0 Å². The molecule has 6 heteroatoms. The number of methoxy groups -OCH3 is 1. The van der Waals surface area contributed by atoms with Gasteiger partial charge in [0.15, 0.2) is 12.0 Å². The Bertz CT molecular complexity index is 161. The van der Waals surface area contributed by atoms with Crippen molar-refractivity contribution in [1.29, 1.82) is 0 Å². The molecule has 78 valence electrons. The second-order valence-corrected chi connectivity index (χ2v) is 2.34. The third-order valence-corrected chi connectivity index (χ3v) is 1.42. The first-order valence-electron chi connectivity index (χ1n) is 3.74. The van der Waals surface area contributed by atoms with Crippen LogP contribution in [0.1, 0.15) is 6.42 Å². The Morgan fingerprint density at radius 3 is 2.54 bits per heavy atom. The first-order valence-corrected chi connectivity index (χ1v) is 3.74. The molecule has 13 heavy (non-hydrogen) atoms. The molecule has 0 fully saturated rings. The SMILES string of the molecule is CO[C@@H](O)/C=C(\ON)[C@H](O)CCO. The highest BCUT2D eigenvalue weighted by atomic mass is 16.6. The molecule has 0 aliphatic rings. The molecular formula is C7H15NO5. The van der Waals surface area contributed by atoms with E-state index in [4.69, 9.17) is 16.1 Å². The maximum Gasteiger partial charge on any atom is 0.177 e. The van der Waals surface area contributed by atoms with Crippen LogP contribution in [0, 0.1) is 0 Å². The predicted octanol–water partition coefficient (Wildman–Crippen LogP) is -1.53. The van der Waals surface area contributed by atoms with Gasteiger partial charge >= 0.3 is 0 Å². The zero-order chi connectivity index (χ0) is 10.3. The molecule has 0 rings (SSSR count). The molecule has 0 radical (unpaired) electrons. The normalized spacial score (nSPS) is 16.8. The zero-order valence-electron chi connectivity index (χ0n) is 7.38. The van der Waals surface area contributed by atoms with Gasteiger partial charge in [-0.05, 0) is 0 Å². The lowest BCUT2D eigenvalue weighted by atomic mass is 10.2. The number of hydrogen-bond donors (Lipinski definition) is 4. The van der Waals surface area contributed by atoms with Crippen LogP contribution in [0.4, 0.5) is 0 Å². The van der Waals surface area contributed by atoms with E-state index in [1.807, 2.05) is 0 Å². The molecular weight excluding hydrogens is 178 g/mol. The first-order chi connectivity index (χ1) is 6.15. The Hall–Kier alpha value is -0.660. The zero-order valence-corrected chi connectivity index (χ0v) is 7.38. The van der Waals surface area contributed by atoms with E-state index in [2.05, 4.69) is 9.57 Å². The maximum atomic E-state index is 9.25. The van der Waals surface area contributed by atoms with Gasteiger partial charge in [0.2, 0.25) is 0 Å². The second-order valence-electron chi connectivity index (χ2n) is 2.34. The molecule has 0 spiro atoms. The average Bonchev–Trinajstić information content (AvgIpc) is 2.14. The van der Waals surface area contributed by atoms with Crippen molar-refractivity contribution >= 4 is 0 Å². The van der Waals surface area contributed by atoms with Crippen LogP contribution in [0.3, 0.4) is 0 Å². The summed E-state index contributed by atoms with van der Waals surface area (Å²) in [5.74, 6) is 4.79. The summed E-state index contributed by atoms with van der Waals surface area (Å²) in [5, 5.41) is 26.7. The van der Waals surface area contributed by atoms with Crippen molar-refractivity contribution in [2.24, 2.45) is 5.90 Å². The van der Waals surface area contributed by atoms with Crippen molar-refractivity contribution in [2.45, 2.75) is 18.8 Å². The van der Waals surface area contributed by atoms with Gasteiger partial charge in [0.1, 0.15) is 6.10 Å². The summed E-state index contributed by atoms with van der Waals surface area (Å²) in [6.07, 6.45) is -1.04. The summed E-state index contributed by atoms with van der Waals surface area (Å²) in [6, 6.07) is 0. The van der Waals surface area contributed by atoms with Gasteiger partial charge in [-0.15, -0.1) is 0 Å². The van der Waals surface area contributed by atoms with E-state index in [1.165, 1.54) is 7.11 Å². The minimum atomic E-state index is -1.19. The Balaban J connectivity index is 4.21. The molecule has 0 saturated heterocycles. The predicted molar refractivity (Wildman–Crippen MR) is 44.1 cm³/mol. The third-order valence-electron chi connectivity index (χ3n) is 1.42. The topological polar surface area (TPSA) is 105 Å². The van der Waals surface area contributed by atoms with Crippen LogP contribution in [0.25, 0.3) is 0 Å². The van der Waals surface area contributed by atoms with Gasteiger partial charge < -0.3 is 24.9 Å². The standard InChI is InChI=1S/C7H15NO5/c1-12-7(11)4-6(13-8)5(10)2-3-9/h4-5,7,9-11H,2-3,8H2,1H3/b6-4-/t5-,7-/m1/s1. The van der Waals surface area contributed by atoms with E-state index in [0.717, 1.165) is 6.08 Å². The smallest absolute Gasteiger partial charge is 0.177 e.